The number of benzene rings is 3. The van der Waals surface area contributed by atoms with E-state index in [1.54, 1.807) is 12.1 Å². The van der Waals surface area contributed by atoms with Crippen LogP contribution in [0.4, 0.5) is 5.69 Å². The van der Waals surface area contributed by atoms with Gasteiger partial charge in [0.2, 0.25) is 0 Å². The van der Waals surface area contributed by atoms with Crippen LogP contribution in [0.1, 0.15) is 23.7 Å². The number of hydrogen-bond acceptors (Lipinski definition) is 2. The molecule has 0 fully saturated rings. The van der Waals surface area contributed by atoms with Crippen LogP contribution in [0, 0.1) is 0 Å². The standard InChI is InChI=1S/C20H19NO2/c1-2-13-23-17-10-5-9-16(14-17)20(22)21-19-12-6-8-15-7-3-4-11-18(15)19/h3-12,14H,2,13H2,1H3,(H,21,22). The molecule has 0 radical (unpaired) electrons. The van der Waals surface area contributed by atoms with Crippen LogP contribution in [-0.2, 0) is 0 Å². The molecule has 0 aromatic heterocycles. The SMILES string of the molecule is CCCOc1cccc(C(=O)Nc2cccc3ccccc23)c1. The zero-order chi connectivity index (χ0) is 16.1. The van der Waals surface area contributed by atoms with Gasteiger partial charge in [-0.25, -0.2) is 0 Å². The van der Waals surface area contributed by atoms with Crippen molar-refractivity contribution in [3.05, 3.63) is 72.3 Å². The highest BCUT2D eigenvalue weighted by molar-refractivity contribution is 6.09. The molecule has 0 heterocycles. The van der Waals surface area contributed by atoms with Gasteiger partial charge in [-0.3, -0.25) is 4.79 Å². The van der Waals surface area contributed by atoms with Gasteiger partial charge in [0.15, 0.2) is 0 Å². The van der Waals surface area contributed by atoms with Gasteiger partial charge in [0, 0.05) is 16.6 Å². The second-order valence-corrected chi connectivity index (χ2v) is 5.36. The third kappa shape index (κ3) is 3.51. The molecule has 0 aliphatic carbocycles. The van der Waals surface area contributed by atoms with Gasteiger partial charge >= 0.3 is 0 Å². The van der Waals surface area contributed by atoms with Gasteiger partial charge in [-0.05, 0) is 36.1 Å². The van der Waals surface area contributed by atoms with Crippen molar-refractivity contribution in [2.75, 3.05) is 11.9 Å². The summed E-state index contributed by atoms with van der Waals surface area (Å²) in [4.78, 5) is 12.5. The summed E-state index contributed by atoms with van der Waals surface area (Å²) in [5.74, 6) is 0.584. The average molecular weight is 305 g/mol. The number of fused-ring (bicyclic) bond motifs is 1. The first-order chi connectivity index (χ1) is 11.3. The Bertz CT molecular complexity index is 821. The first kappa shape index (κ1) is 15.1. The van der Waals surface area contributed by atoms with E-state index in [0.717, 1.165) is 28.6 Å². The predicted octanol–water partition coefficient (Wildman–Crippen LogP) is 4.88. The van der Waals surface area contributed by atoms with Crippen molar-refractivity contribution >= 4 is 22.4 Å². The van der Waals surface area contributed by atoms with Crippen molar-refractivity contribution in [3.63, 3.8) is 0 Å². The van der Waals surface area contributed by atoms with Gasteiger partial charge in [-0.2, -0.15) is 0 Å². The Balaban J connectivity index is 1.83. The van der Waals surface area contributed by atoms with E-state index in [4.69, 9.17) is 4.74 Å². The first-order valence-electron chi connectivity index (χ1n) is 7.80. The van der Waals surface area contributed by atoms with Gasteiger partial charge in [0.25, 0.3) is 5.91 Å². The van der Waals surface area contributed by atoms with E-state index in [1.807, 2.05) is 54.6 Å². The lowest BCUT2D eigenvalue weighted by Gasteiger charge is -2.10. The van der Waals surface area contributed by atoms with E-state index in [1.165, 1.54) is 0 Å². The van der Waals surface area contributed by atoms with Gasteiger partial charge < -0.3 is 10.1 Å². The molecule has 0 aliphatic heterocycles. The summed E-state index contributed by atoms with van der Waals surface area (Å²) < 4.78 is 5.59. The van der Waals surface area contributed by atoms with E-state index >= 15 is 0 Å². The molecule has 3 aromatic rings. The van der Waals surface area contributed by atoms with Crippen LogP contribution in [0.5, 0.6) is 5.75 Å². The highest BCUT2D eigenvalue weighted by Gasteiger charge is 2.09. The summed E-state index contributed by atoms with van der Waals surface area (Å²) in [6.07, 6.45) is 0.937. The molecule has 116 valence electrons. The number of carbonyl (C=O) groups excluding carboxylic acids is 1. The summed E-state index contributed by atoms with van der Waals surface area (Å²) >= 11 is 0. The maximum absolute atomic E-state index is 12.5. The van der Waals surface area contributed by atoms with Crippen LogP contribution >= 0.6 is 0 Å². The largest absolute Gasteiger partial charge is 0.494 e. The maximum Gasteiger partial charge on any atom is 0.255 e. The Morgan fingerprint density at radius 2 is 1.78 bits per heavy atom. The minimum Gasteiger partial charge on any atom is -0.494 e. The summed E-state index contributed by atoms with van der Waals surface area (Å²) in [5, 5.41) is 5.12. The molecule has 0 spiro atoms. The lowest BCUT2D eigenvalue weighted by Crippen LogP contribution is -2.12. The van der Waals surface area contributed by atoms with Crippen LogP contribution in [0.2, 0.25) is 0 Å². The zero-order valence-corrected chi connectivity index (χ0v) is 13.1. The van der Waals surface area contributed by atoms with Crippen molar-refractivity contribution < 1.29 is 9.53 Å². The number of amides is 1. The van der Waals surface area contributed by atoms with E-state index in [9.17, 15) is 4.79 Å². The van der Waals surface area contributed by atoms with E-state index < -0.39 is 0 Å². The quantitative estimate of drug-likeness (QED) is 0.729. The highest BCUT2D eigenvalue weighted by atomic mass is 16.5. The van der Waals surface area contributed by atoms with Crippen molar-refractivity contribution in [2.45, 2.75) is 13.3 Å². The molecule has 1 N–H and O–H groups in total. The minimum absolute atomic E-state index is 0.136. The smallest absolute Gasteiger partial charge is 0.255 e. The second kappa shape index (κ2) is 6.97. The molecule has 1 amide bonds. The van der Waals surface area contributed by atoms with Crippen LogP contribution in [0.15, 0.2) is 66.7 Å². The molecule has 0 atom stereocenters. The molecule has 23 heavy (non-hydrogen) atoms. The molecule has 3 heteroatoms. The summed E-state index contributed by atoms with van der Waals surface area (Å²) in [7, 11) is 0. The molecular weight excluding hydrogens is 286 g/mol. The van der Waals surface area contributed by atoms with Gasteiger partial charge in [0.1, 0.15) is 5.75 Å². The monoisotopic (exact) mass is 305 g/mol. The normalized spacial score (nSPS) is 10.5. The van der Waals surface area contributed by atoms with Crippen molar-refractivity contribution in [2.24, 2.45) is 0 Å². The summed E-state index contributed by atoms with van der Waals surface area (Å²) in [5.41, 5.74) is 1.40. The number of hydrogen-bond donors (Lipinski definition) is 1. The van der Waals surface area contributed by atoms with Gasteiger partial charge in [-0.1, -0.05) is 49.4 Å². The molecule has 3 rings (SSSR count). The van der Waals surface area contributed by atoms with Gasteiger partial charge in [-0.15, -0.1) is 0 Å². The lowest BCUT2D eigenvalue weighted by molar-refractivity contribution is 0.102. The highest BCUT2D eigenvalue weighted by Crippen LogP contribution is 2.24. The molecule has 0 unspecified atom stereocenters. The first-order valence-corrected chi connectivity index (χ1v) is 7.80. The number of carbonyl (C=O) groups is 1. The fraction of sp³-hybridized carbons (Fsp3) is 0.150. The topological polar surface area (TPSA) is 38.3 Å². The van der Waals surface area contributed by atoms with E-state index in [-0.39, 0.29) is 5.91 Å². The number of ether oxygens (including phenoxy) is 1. The van der Waals surface area contributed by atoms with Gasteiger partial charge in [0.05, 0.1) is 6.61 Å². The van der Waals surface area contributed by atoms with Crippen LogP contribution in [-0.4, -0.2) is 12.5 Å². The van der Waals surface area contributed by atoms with Crippen molar-refractivity contribution in [3.8, 4) is 5.75 Å². The Kier molecular flexibility index (Phi) is 4.57. The second-order valence-electron chi connectivity index (χ2n) is 5.36. The predicted molar refractivity (Wildman–Crippen MR) is 94.1 cm³/mol. The van der Waals surface area contributed by atoms with Crippen LogP contribution in [0.3, 0.4) is 0 Å². The van der Waals surface area contributed by atoms with Crippen LogP contribution in [0.25, 0.3) is 10.8 Å². The average Bonchev–Trinajstić information content (AvgIpc) is 2.60. The Hall–Kier alpha value is -2.81. The zero-order valence-electron chi connectivity index (χ0n) is 13.1. The van der Waals surface area contributed by atoms with Crippen LogP contribution < -0.4 is 10.1 Å². The molecule has 3 nitrogen and oxygen atoms in total. The number of anilines is 1. The fourth-order valence-corrected chi connectivity index (χ4v) is 2.48. The molecule has 0 aliphatic rings. The molecular formula is C20H19NO2. The third-order valence-corrected chi connectivity index (χ3v) is 3.61. The lowest BCUT2D eigenvalue weighted by atomic mass is 10.1. The van der Waals surface area contributed by atoms with Crippen molar-refractivity contribution in [1.29, 1.82) is 0 Å². The third-order valence-electron chi connectivity index (χ3n) is 3.61. The Morgan fingerprint density at radius 3 is 2.65 bits per heavy atom. The molecule has 0 bridgehead atoms. The molecule has 0 saturated heterocycles. The molecule has 3 aromatic carbocycles. The van der Waals surface area contributed by atoms with E-state index in [0.29, 0.717) is 12.2 Å². The summed E-state index contributed by atoms with van der Waals surface area (Å²) in [6.45, 7) is 2.70. The Labute approximate surface area is 135 Å². The van der Waals surface area contributed by atoms with E-state index in [2.05, 4.69) is 12.2 Å². The minimum atomic E-state index is -0.136. The molecule has 0 saturated carbocycles. The summed E-state index contributed by atoms with van der Waals surface area (Å²) in [6, 6.07) is 21.2. The van der Waals surface area contributed by atoms with Crippen molar-refractivity contribution in [1.82, 2.24) is 0 Å². The fourth-order valence-electron chi connectivity index (χ4n) is 2.48. The number of rotatable bonds is 5. The maximum atomic E-state index is 12.5. The number of nitrogens with one attached hydrogen (secondary N) is 1. The Morgan fingerprint density at radius 1 is 1.00 bits per heavy atom.